The highest BCUT2D eigenvalue weighted by molar-refractivity contribution is 5.97. The van der Waals surface area contributed by atoms with Gasteiger partial charge in [0.15, 0.2) is 5.78 Å². The molecule has 0 heterocycles. The van der Waals surface area contributed by atoms with Crippen LogP contribution in [0.5, 0.6) is 0 Å². The van der Waals surface area contributed by atoms with Gasteiger partial charge in [0, 0.05) is 12.8 Å². The van der Waals surface area contributed by atoms with Crippen molar-refractivity contribution in [1.29, 1.82) is 0 Å². The predicted octanol–water partition coefficient (Wildman–Crippen LogP) is 1.04. The van der Waals surface area contributed by atoms with Crippen molar-refractivity contribution in [2.24, 2.45) is 5.92 Å². The van der Waals surface area contributed by atoms with Gasteiger partial charge in [0.05, 0.1) is 6.61 Å². The molecule has 0 saturated heterocycles. The number of carbonyl (C=O) groups excluding carboxylic acids is 3. The second-order valence-corrected chi connectivity index (χ2v) is 3.51. The van der Waals surface area contributed by atoms with Crippen LogP contribution >= 0.6 is 0 Å². The largest absolute Gasteiger partial charge is 0.466 e. The van der Waals surface area contributed by atoms with Crippen LogP contribution < -0.4 is 0 Å². The van der Waals surface area contributed by atoms with Crippen LogP contribution in [0.4, 0.5) is 0 Å². The summed E-state index contributed by atoms with van der Waals surface area (Å²) < 4.78 is 4.65. The summed E-state index contributed by atoms with van der Waals surface area (Å²) >= 11 is 0. The summed E-state index contributed by atoms with van der Waals surface area (Å²) in [6.07, 6.45) is 3.66. The lowest BCUT2D eigenvalue weighted by atomic mass is 10.0. The third-order valence-corrected chi connectivity index (χ3v) is 2.15. The molecule has 1 atom stereocenters. The van der Waals surface area contributed by atoms with Gasteiger partial charge < -0.3 is 4.74 Å². The third kappa shape index (κ3) is 4.06. The molecule has 1 unspecified atom stereocenters. The molecule has 0 amide bonds. The Labute approximate surface area is 88.3 Å². The zero-order chi connectivity index (χ0) is 11.3. The van der Waals surface area contributed by atoms with Crippen molar-refractivity contribution in [3.8, 4) is 0 Å². The summed E-state index contributed by atoms with van der Waals surface area (Å²) in [6, 6.07) is 0. The third-order valence-electron chi connectivity index (χ3n) is 2.15. The molecule has 0 saturated carbocycles. The summed E-state index contributed by atoms with van der Waals surface area (Å²) in [5, 5.41) is 0. The Kier molecular flexibility index (Phi) is 4.21. The SMILES string of the molecule is CCOC(=O)CC(=O)CC1C=CC(=O)C1. The molecule has 82 valence electrons. The Morgan fingerprint density at radius 1 is 1.53 bits per heavy atom. The second-order valence-electron chi connectivity index (χ2n) is 3.51. The summed E-state index contributed by atoms with van der Waals surface area (Å²) in [5.74, 6) is -0.642. The van der Waals surface area contributed by atoms with Crippen molar-refractivity contribution >= 4 is 17.5 Å². The molecular formula is C11H14O4. The molecule has 4 nitrogen and oxygen atoms in total. The van der Waals surface area contributed by atoms with E-state index in [9.17, 15) is 14.4 Å². The molecule has 0 aromatic carbocycles. The Balaban J connectivity index is 2.27. The minimum absolute atomic E-state index is 0.0283. The topological polar surface area (TPSA) is 60.4 Å². The van der Waals surface area contributed by atoms with Crippen molar-refractivity contribution in [2.45, 2.75) is 26.2 Å². The number of allylic oxidation sites excluding steroid dienone is 2. The van der Waals surface area contributed by atoms with Crippen molar-refractivity contribution in [3.63, 3.8) is 0 Å². The number of carbonyl (C=O) groups is 3. The van der Waals surface area contributed by atoms with Gasteiger partial charge >= 0.3 is 5.97 Å². The fraction of sp³-hybridized carbons (Fsp3) is 0.545. The van der Waals surface area contributed by atoms with Gasteiger partial charge in [-0.2, -0.15) is 0 Å². The van der Waals surface area contributed by atoms with Crippen LogP contribution in [0.1, 0.15) is 26.2 Å². The summed E-state index contributed by atoms with van der Waals surface area (Å²) in [5.41, 5.74) is 0. The highest BCUT2D eigenvalue weighted by Crippen LogP contribution is 2.18. The van der Waals surface area contributed by atoms with Crippen LogP contribution in [0.15, 0.2) is 12.2 Å². The quantitative estimate of drug-likeness (QED) is 0.502. The maximum Gasteiger partial charge on any atom is 0.313 e. The van der Waals surface area contributed by atoms with Gasteiger partial charge in [-0.1, -0.05) is 6.08 Å². The smallest absolute Gasteiger partial charge is 0.313 e. The van der Waals surface area contributed by atoms with Crippen LogP contribution in [-0.4, -0.2) is 24.1 Å². The molecule has 0 fully saturated rings. The Morgan fingerprint density at radius 2 is 2.27 bits per heavy atom. The molecule has 1 rings (SSSR count). The molecule has 0 aromatic heterocycles. The minimum Gasteiger partial charge on any atom is -0.466 e. The monoisotopic (exact) mass is 210 g/mol. The van der Waals surface area contributed by atoms with Gasteiger partial charge in [0.2, 0.25) is 0 Å². The molecule has 15 heavy (non-hydrogen) atoms. The molecule has 0 aromatic rings. The maximum atomic E-state index is 11.3. The van der Waals surface area contributed by atoms with Crippen molar-refractivity contribution in [2.75, 3.05) is 6.61 Å². The van der Waals surface area contributed by atoms with Crippen LogP contribution in [0, 0.1) is 5.92 Å². The molecule has 0 spiro atoms. The van der Waals surface area contributed by atoms with Crippen LogP contribution in [0.3, 0.4) is 0 Å². The molecular weight excluding hydrogens is 196 g/mol. The predicted molar refractivity (Wildman–Crippen MR) is 53.1 cm³/mol. The van der Waals surface area contributed by atoms with E-state index in [0.717, 1.165) is 0 Å². The normalized spacial score (nSPS) is 19.3. The molecule has 0 bridgehead atoms. The van der Waals surface area contributed by atoms with Crippen molar-refractivity contribution < 1.29 is 19.1 Å². The lowest BCUT2D eigenvalue weighted by Gasteiger charge is -2.05. The van der Waals surface area contributed by atoms with Gasteiger partial charge in [-0.3, -0.25) is 14.4 Å². The molecule has 0 N–H and O–H groups in total. The zero-order valence-electron chi connectivity index (χ0n) is 8.69. The van der Waals surface area contributed by atoms with E-state index in [1.54, 1.807) is 13.0 Å². The summed E-state index contributed by atoms with van der Waals surface area (Å²) in [4.78, 5) is 33.2. The van der Waals surface area contributed by atoms with E-state index in [1.165, 1.54) is 6.08 Å². The van der Waals surface area contributed by atoms with E-state index >= 15 is 0 Å². The molecule has 0 radical (unpaired) electrons. The van der Waals surface area contributed by atoms with Gasteiger partial charge in [0.25, 0.3) is 0 Å². The summed E-state index contributed by atoms with van der Waals surface area (Å²) in [7, 11) is 0. The van der Waals surface area contributed by atoms with E-state index in [-0.39, 0.29) is 36.9 Å². The molecule has 1 aliphatic carbocycles. The minimum atomic E-state index is -0.490. The fourth-order valence-electron chi connectivity index (χ4n) is 1.52. The van der Waals surface area contributed by atoms with Crippen molar-refractivity contribution in [1.82, 2.24) is 0 Å². The van der Waals surface area contributed by atoms with Gasteiger partial charge in [0.1, 0.15) is 12.2 Å². The number of ketones is 2. The van der Waals surface area contributed by atoms with E-state index in [1.807, 2.05) is 0 Å². The Hall–Kier alpha value is -1.45. The zero-order valence-corrected chi connectivity index (χ0v) is 8.69. The van der Waals surface area contributed by atoms with Crippen LogP contribution in [-0.2, 0) is 19.1 Å². The second kappa shape index (κ2) is 5.44. The first-order valence-corrected chi connectivity index (χ1v) is 5.00. The first-order chi connectivity index (χ1) is 7.11. The Morgan fingerprint density at radius 3 is 2.80 bits per heavy atom. The lowest BCUT2D eigenvalue weighted by molar-refractivity contribution is -0.145. The highest BCUT2D eigenvalue weighted by Gasteiger charge is 2.20. The van der Waals surface area contributed by atoms with E-state index in [2.05, 4.69) is 4.74 Å². The molecule has 1 aliphatic rings. The standard InChI is InChI=1S/C11H14O4/c1-2-15-11(14)7-10(13)6-8-3-4-9(12)5-8/h3-4,8H,2,5-7H2,1H3. The number of hydrogen-bond acceptors (Lipinski definition) is 4. The van der Waals surface area contributed by atoms with Gasteiger partial charge in [-0.25, -0.2) is 0 Å². The van der Waals surface area contributed by atoms with E-state index in [0.29, 0.717) is 6.42 Å². The average molecular weight is 210 g/mol. The molecule has 0 aliphatic heterocycles. The summed E-state index contributed by atoms with van der Waals surface area (Å²) in [6.45, 7) is 1.98. The lowest BCUT2D eigenvalue weighted by Crippen LogP contribution is -2.13. The number of ether oxygens (including phenoxy) is 1. The first kappa shape index (κ1) is 11.6. The Bertz CT molecular complexity index is 304. The van der Waals surface area contributed by atoms with Crippen LogP contribution in [0.2, 0.25) is 0 Å². The van der Waals surface area contributed by atoms with E-state index in [4.69, 9.17) is 0 Å². The highest BCUT2D eigenvalue weighted by atomic mass is 16.5. The van der Waals surface area contributed by atoms with Crippen LogP contribution in [0.25, 0.3) is 0 Å². The van der Waals surface area contributed by atoms with Crippen molar-refractivity contribution in [3.05, 3.63) is 12.2 Å². The average Bonchev–Trinajstić information content (AvgIpc) is 2.51. The van der Waals surface area contributed by atoms with E-state index < -0.39 is 5.97 Å². The number of hydrogen-bond donors (Lipinski definition) is 0. The number of esters is 1. The maximum absolute atomic E-state index is 11.3. The first-order valence-electron chi connectivity index (χ1n) is 5.00. The number of Topliss-reactive ketones (excluding diaryl/α,β-unsaturated/α-hetero) is 1. The number of rotatable bonds is 5. The van der Waals surface area contributed by atoms with Gasteiger partial charge in [-0.05, 0) is 18.9 Å². The molecule has 4 heteroatoms. The van der Waals surface area contributed by atoms with Gasteiger partial charge in [-0.15, -0.1) is 0 Å². The fourth-order valence-corrected chi connectivity index (χ4v) is 1.52.